The number of rotatable bonds is 12. The van der Waals surface area contributed by atoms with Crippen molar-refractivity contribution in [1.82, 2.24) is 4.90 Å². The Labute approximate surface area is 187 Å². The highest BCUT2D eigenvalue weighted by Gasteiger charge is 2.40. The molecule has 1 heterocycles. The molecule has 0 N–H and O–H groups in total. The molecule has 0 bridgehead atoms. The van der Waals surface area contributed by atoms with E-state index in [0.29, 0.717) is 37.5 Å². The fraction of sp³-hybridized carbons (Fsp3) is 0.667. The Morgan fingerprint density at radius 2 is 1.66 bits per heavy atom. The molecule has 1 aliphatic heterocycles. The molecule has 1 amide bonds. The molecule has 1 atom stereocenters. The second kappa shape index (κ2) is 12.8. The van der Waals surface area contributed by atoms with Crippen molar-refractivity contribution in [2.75, 3.05) is 13.2 Å². The first-order valence-corrected chi connectivity index (χ1v) is 11.6. The van der Waals surface area contributed by atoms with E-state index < -0.39 is 41.0 Å². The van der Waals surface area contributed by atoms with Crippen molar-refractivity contribution < 1.29 is 31.9 Å². The Morgan fingerprint density at radius 1 is 1.03 bits per heavy atom. The highest BCUT2D eigenvalue weighted by atomic mass is 19.4. The zero-order valence-electron chi connectivity index (χ0n) is 18.7. The van der Waals surface area contributed by atoms with E-state index in [1.165, 1.54) is 32.1 Å². The maximum absolute atomic E-state index is 13.6. The molecule has 32 heavy (non-hydrogen) atoms. The summed E-state index contributed by atoms with van der Waals surface area (Å²) in [5, 5.41) is 0. The first kappa shape index (κ1) is 26.1. The molecule has 1 saturated heterocycles. The average molecular weight is 460 g/mol. The molecular formula is C24H33F4NO3. The number of benzene rings is 1. The van der Waals surface area contributed by atoms with E-state index in [4.69, 9.17) is 4.74 Å². The molecule has 0 saturated carbocycles. The van der Waals surface area contributed by atoms with Crippen LogP contribution in [-0.2, 0) is 15.7 Å². The van der Waals surface area contributed by atoms with Gasteiger partial charge in [0.1, 0.15) is 11.9 Å². The highest BCUT2D eigenvalue weighted by molar-refractivity contribution is 5.98. The summed E-state index contributed by atoms with van der Waals surface area (Å²) in [7, 11) is 0. The van der Waals surface area contributed by atoms with Crippen LogP contribution in [0, 0.1) is 5.82 Å². The van der Waals surface area contributed by atoms with Gasteiger partial charge in [-0.3, -0.25) is 4.79 Å². The summed E-state index contributed by atoms with van der Waals surface area (Å²) in [6, 6.07) is 0.857. The van der Waals surface area contributed by atoms with E-state index in [0.717, 1.165) is 24.2 Å². The zero-order valence-corrected chi connectivity index (χ0v) is 18.7. The topological polar surface area (TPSA) is 46.6 Å². The van der Waals surface area contributed by atoms with Gasteiger partial charge in [-0.25, -0.2) is 9.18 Å². The van der Waals surface area contributed by atoms with E-state index in [1.807, 2.05) is 0 Å². The number of carbonyl (C=O) groups is 2. The quantitative estimate of drug-likeness (QED) is 0.203. The smallest absolute Gasteiger partial charge is 0.417 e. The van der Waals surface area contributed by atoms with Crippen LogP contribution in [0.2, 0.25) is 0 Å². The predicted octanol–water partition coefficient (Wildman–Crippen LogP) is 6.52. The van der Waals surface area contributed by atoms with Gasteiger partial charge >= 0.3 is 12.1 Å². The molecule has 0 spiro atoms. The van der Waals surface area contributed by atoms with Gasteiger partial charge in [0.05, 0.1) is 17.7 Å². The summed E-state index contributed by atoms with van der Waals surface area (Å²) in [6.45, 7) is 2.54. The number of ether oxygens (including phenoxy) is 1. The van der Waals surface area contributed by atoms with E-state index in [-0.39, 0.29) is 13.2 Å². The Balaban J connectivity index is 1.83. The zero-order chi connectivity index (χ0) is 23.6. The van der Waals surface area contributed by atoms with Crippen molar-refractivity contribution >= 4 is 11.9 Å². The van der Waals surface area contributed by atoms with Crippen molar-refractivity contribution in [3.8, 4) is 0 Å². The predicted molar refractivity (Wildman–Crippen MR) is 114 cm³/mol. The van der Waals surface area contributed by atoms with Crippen LogP contribution in [0.1, 0.15) is 93.5 Å². The lowest BCUT2D eigenvalue weighted by molar-refractivity contribution is -0.148. The lowest BCUT2D eigenvalue weighted by Gasteiger charge is -2.24. The molecule has 180 valence electrons. The third-order valence-electron chi connectivity index (χ3n) is 5.80. The number of likely N-dealkylation sites (tertiary alicyclic amines) is 1. The van der Waals surface area contributed by atoms with Gasteiger partial charge in [0, 0.05) is 6.54 Å². The summed E-state index contributed by atoms with van der Waals surface area (Å²) in [5.41, 5.74) is -1.99. The normalized spacial score (nSPS) is 16.4. The number of alkyl halides is 3. The van der Waals surface area contributed by atoms with Crippen molar-refractivity contribution in [2.45, 2.75) is 89.8 Å². The minimum atomic E-state index is -4.80. The summed E-state index contributed by atoms with van der Waals surface area (Å²) in [5.74, 6) is -2.55. The van der Waals surface area contributed by atoms with Gasteiger partial charge in [-0.2, -0.15) is 13.2 Å². The lowest BCUT2D eigenvalue weighted by atomic mass is 10.0. The van der Waals surface area contributed by atoms with Crippen LogP contribution >= 0.6 is 0 Å². The fourth-order valence-corrected chi connectivity index (χ4v) is 4.03. The summed E-state index contributed by atoms with van der Waals surface area (Å²) in [4.78, 5) is 26.3. The fourth-order valence-electron chi connectivity index (χ4n) is 4.03. The second-order valence-electron chi connectivity index (χ2n) is 8.34. The van der Waals surface area contributed by atoms with Crippen LogP contribution in [0.15, 0.2) is 18.2 Å². The Kier molecular flexibility index (Phi) is 10.5. The number of nitrogens with zero attached hydrogens (tertiary/aromatic N) is 1. The van der Waals surface area contributed by atoms with E-state index in [2.05, 4.69) is 6.92 Å². The summed E-state index contributed by atoms with van der Waals surface area (Å²) >= 11 is 0. The molecule has 8 heteroatoms. The molecule has 1 aromatic carbocycles. The maximum Gasteiger partial charge on any atom is 0.417 e. The Hall–Kier alpha value is -2.12. The first-order chi connectivity index (χ1) is 15.3. The van der Waals surface area contributed by atoms with Crippen LogP contribution in [0.4, 0.5) is 17.6 Å². The number of esters is 1. The van der Waals surface area contributed by atoms with Crippen LogP contribution in [0.3, 0.4) is 0 Å². The molecule has 1 aliphatic rings. The van der Waals surface area contributed by atoms with Gasteiger partial charge in [0.15, 0.2) is 0 Å². The molecule has 0 aromatic heterocycles. The minimum Gasteiger partial charge on any atom is -0.464 e. The van der Waals surface area contributed by atoms with Gasteiger partial charge in [-0.1, -0.05) is 58.3 Å². The standard InChI is InChI=1S/C24H33F4NO3/c1-2-3-4-5-6-7-8-9-10-16-32-23(31)21-12-11-15-29(21)22(30)19-17-18(25)13-14-20(19)24(26,27)28/h13-14,17,21H,2-12,15-16H2,1H3. The molecule has 1 fully saturated rings. The number of unbranched alkanes of at least 4 members (excludes halogenated alkanes) is 8. The van der Waals surface area contributed by atoms with Gasteiger partial charge in [0.2, 0.25) is 0 Å². The number of carbonyl (C=O) groups excluding carboxylic acids is 2. The van der Waals surface area contributed by atoms with Gasteiger partial charge in [-0.15, -0.1) is 0 Å². The second-order valence-corrected chi connectivity index (χ2v) is 8.34. The van der Waals surface area contributed by atoms with E-state index in [9.17, 15) is 27.2 Å². The van der Waals surface area contributed by atoms with Gasteiger partial charge < -0.3 is 9.64 Å². The third kappa shape index (κ3) is 7.78. The van der Waals surface area contributed by atoms with Crippen LogP contribution in [-0.4, -0.2) is 36.0 Å². The van der Waals surface area contributed by atoms with Crippen molar-refractivity contribution in [2.24, 2.45) is 0 Å². The number of hydrogen-bond donors (Lipinski definition) is 0. The van der Waals surface area contributed by atoms with Crippen molar-refractivity contribution in [1.29, 1.82) is 0 Å². The Bertz CT molecular complexity index is 751. The van der Waals surface area contributed by atoms with E-state index in [1.54, 1.807) is 0 Å². The van der Waals surface area contributed by atoms with Crippen LogP contribution < -0.4 is 0 Å². The van der Waals surface area contributed by atoms with Crippen LogP contribution in [0.5, 0.6) is 0 Å². The molecule has 1 unspecified atom stereocenters. The highest BCUT2D eigenvalue weighted by Crippen LogP contribution is 2.34. The summed E-state index contributed by atoms with van der Waals surface area (Å²) in [6.07, 6.45) is 6.07. The average Bonchev–Trinajstić information content (AvgIpc) is 3.23. The molecule has 2 rings (SSSR count). The van der Waals surface area contributed by atoms with Crippen molar-refractivity contribution in [3.63, 3.8) is 0 Å². The molecular weight excluding hydrogens is 426 g/mol. The third-order valence-corrected chi connectivity index (χ3v) is 5.80. The largest absolute Gasteiger partial charge is 0.464 e. The Morgan fingerprint density at radius 3 is 2.28 bits per heavy atom. The van der Waals surface area contributed by atoms with Gasteiger partial charge in [-0.05, 0) is 37.5 Å². The van der Waals surface area contributed by atoms with Crippen molar-refractivity contribution in [3.05, 3.63) is 35.1 Å². The molecule has 1 aromatic rings. The minimum absolute atomic E-state index is 0.129. The monoisotopic (exact) mass is 459 g/mol. The molecule has 0 radical (unpaired) electrons. The van der Waals surface area contributed by atoms with Crippen LogP contribution in [0.25, 0.3) is 0 Å². The van der Waals surface area contributed by atoms with E-state index >= 15 is 0 Å². The summed E-state index contributed by atoms with van der Waals surface area (Å²) < 4.78 is 58.7. The SMILES string of the molecule is CCCCCCCCCCCOC(=O)C1CCCN1C(=O)c1cc(F)ccc1C(F)(F)F. The number of hydrogen-bond acceptors (Lipinski definition) is 3. The van der Waals surface area contributed by atoms with Gasteiger partial charge in [0.25, 0.3) is 5.91 Å². The number of halogens is 4. The lowest BCUT2D eigenvalue weighted by Crippen LogP contribution is -2.42. The molecule has 4 nitrogen and oxygen atoms in total. The number of amides is 1. The maximum atomic E-state index is 13.6. The molecule has 0 aliphatic carbocycles. The first-order valence-electron chi connectivity index (χ1n) is 11.6.